The Morgan fingerprint density at radius 2 is 1.97 bits per heavy atom. The van der Waals surface area contributed by atoms with Gasteiger partial charge in [0.15, 0.2) is 5.78 Å². The van der Waals surface area contributed by atoms with E-state index in [0.29, 0.717) is 23.5 Å². The van der Waals surface area contributed by atoms with Crippen LogP contribution in [-0.4, -0.2) is 27.4 Å². The van der Waals surface area contributed by atoms with Gasteiger partial charge in [-0.15, -0.1) is 0 Å². The van der Waals surface area contributed by atoms with Crippen molar-refractivity contribution in [2.75, 3.05) is 0 Å². The number of ketones is 1. The Labute approximate surface area is 201 Å². The molecule has 5 heteroatoms. The summed E-state index contributed by atoms with van der Waals surface area (Å²) in [6, 6.07) is 6.06. The number of hydrogen-bond acceptors (Lipinski definition) is 4. The van der Waals surface area contributed by atoms with Crippen LogP contribution in [0.15, 0.2) is 47.8 Å². The number of allylic oxidation sites excluding steroid dienone is 2. The van der Waals surface area contributed by atoms with Crippen molar-refractivity contribution in [2.45, 2.75) is 71.8 Å². The molecule has 4 aliphatic rings. The van der Waals surface area contributed by atoms with Gasteiger partial charge in [-0.25, -0.2) is 4.98 Å². The van der Waals surface area contributed by atoms with E-state index in [2.05, 4.69) is 37.0 Å². The topological polar surface area (TPSA) is 61.2 Å². The maximum absolute atomic E-state index is 13.7. The molecule has 4 aliphatic carbocycles. The lowest BCUT2D eigenvalue weighted by atomic mass is 9.48. The lowest BCUT2D eigenvalue weighted by molar-refractivity contribution is -0.148. The van der Waals surface area contributed by atoms with Crippen LogP contribution in [0.5, 0.6) is 0 Å². The Morgan fingerprint density at radius 3 is 2.79 bits per heavy atom. The summed E-state index contributed by atoms with van der Waals surface area (Å²) in [5, 5.41) is 1.09. The number of carbonyl (C=O) groups excluding carboxylic acids is 2. The van der Waals surface area contributed by atoms with Crippen molar-refractivity contribution in [3.63, 3.8) is 0 Å². The zero-order valence-electron chi connectivity index (χ0n) is 20.4. The van der Waals surface area contributed by atoms with Crippen LogP contribution in [0.3, 0.4) is 0 Å². The van der Waals surface area contributed by atoms with Crippen molar-refractivity contribution in [1.82, 2.24) is 9.55 Å². The molecule has 2 aromatic rings. The highest BCUT2D eigenvalue weighted by molar-refractivity contribution is 6.05. The lowest BCUT2D eigenvalue weighted by Gasteiger charge is -2.56. The molecule has 5 nitrogen and oxygen atoms in total. The molecule has 3 fully saturated rings. The molecule has 2 aromatic heterocycles. The van der Waals surface area contributed by atoms with E-state index in [1.807, 2.05) is 29.2 Å². The number of hydrogen-bond donors (Lipinski definition) is 0. The summed E-state index contributed by atoms with van der Waals surface area (Å²) in [5.41, 5.74) is 3.24. The van der Waals surface area contributed by atoms with E-state index < -0.39 is 0 Å². The highest BCUT2D eigenvalue weighted by atomic mass is 16.5. The van der Waals surface area contributed by atoms with Crippen LogP contribution in [0.1, 0.15) is 65.7 Å². The Kier molecular flexibility index (Phi) is 4.91. The predicted octanol–water partition coefficient (Wildman–Crippen LogP) is 5.95. The van der Waals surface area contributed by atoms with Gasteiger partial charge in [-0.3, -0.25) is 9.59 Å². The normalized spacial score (nSPS) is 38.3. The molecular formula is C29H34N2O3. The molecule has 3 saturated carbocycles. The summed E-state index contributed by atoms with van der Waals surface area (Å²) in [7, 11) is 0. The van der Waals surface area contributed by atoms with Crippen molar-refractivity contribution in [3.05, 3.63) is 47.8 Å². The van der Waals surface area contributed by atoms with Crippen molar-refractivity contribution < 1.29 is 14.3 Å². The van der Waals surface area contributed by atoms with Crippen LogP contribution < -0.4 is 0 Å². The molecule has 0 unspecified atom stereocenters. The number of rotatable bonds is 2. The first kappa shape index (κ1) is 21.8. The second kappa shape index (κ2) is 7.66. The van der Waals surface area contributed by atoms with Crippen molar-refractivity contribution in [1.29, 1.82) is 0 Å². The summed E-state index contributed by atoms with van der Waals surface area (Å²) >= 11 is 0. The fourth-order valence-corrected chi connectivity index (χ4v) is 8.01. The first-order valence-electron chi connectivity index (χ1n) is 12.8. The molecule has 6 atom stereocenters. The third-order valence-electron chi connectivity index (χ3n) is 9.80. The fourth-order valence-electron chi connectivity index (χ4n) is 8.01. The molecule has 2 heterocycles. The van der Waals surface area contributed by atoms with Gasteiger partial charge < -0.3 is 9.30 Å². The number of Topliss-reactive ketones (excluding diaryl/α,β-unsaturated/α-hetero) is 1. The fraction of sp³-hybridized carbons (Fsp3) is 0.552. The average molecular weight is 459 g/mol. The molecule has 0 saturated heterocycles. The third-order valence-corrected chi connectivity index (χ3v) is 9.80. The van der Waals surface area contributed by atoms with Gasteiger partial charge >= 0.3 is 5.97 Å². The Morgan fingerprint density at radius 1 is 1.15 bits per heavy atom. The van der Waals surface area contributed by atoms with E-state index in [1.165, 1.54) is 12.5 Å². The van der Waals surface area contributed by atoms with Gasteiger partial charge in [0.1, 0.15) is 11.8 Å². The molecule has 0 radical (unpaired) electrons. The largest absolute Gasteiger partial charge is 0.462 e. The van der Waals surface area contributed by atoms with Gasteiger partial charge in [-0.1, -0.05) is 25.5 Å². The Balaban J connectivity index is 1.30. The molecule has 178 valence electrons. The molecule has 0 spiro atoms. The van der Waals surface area contributed by atoms with Gasteiger partial charge in [-0.2, -0.15) is 0 Å². The first-order chi connectivity index (χ1) is 16.3. The van der Waals surface area contributed by atoms with Crippen molar-refractivity contribution in [2.24, 2.45) is 28.6 Å². The van der Waals surface area contributed by atoms with Crippen LogP contribution in [0.4, 0.5) is 0 Å². The quantitative estimate of drug-likeness (QED) is 0.317. The lowest BCUT2D eigenvalue weighted by Crippen LogP contribution is -2.50. The number of pyridine rings is 1. The zero-order chi connectivity index (χ0) is 23.7. The maximum atomic E-state index is 13.7. The van der Waals surface area contributed by atoms with E-state index >= 15 is 0 Å². The number of aromatic nitrogens is 2. The smallest absolute Gasteiger partial charge is 0.302 e. The van der Waals surface area contributed by atoms with E-state index in [0.717, 1.165) is 61.6 Å². The van der Waals surface area contributed by atoms with E-state index in [9.17, 15) is 9.59 Å². The molecule has 34 heavy (non-hydrogen) atoms. The Bertz CT molecular complexity index is 1240. The summed E-state index contributed by atoms with van der Waals surface area (Å²) in [4.78, 5) is 29.8. The number of carbonyl (C=O) groups is 2. The minimum atomic E-state index is -0.264. The zero-order valence-corrected chi connectivity index (χ0v) is 20.4. The maximum Gasteiger partial charge on any atom is 0.302 e. The number of esters is 1. The van der Waals surface area contributed by atoms with Crippen LogP contribution in [0.2, 0.25) is 0 Å². The molecule has 0 N–H and O–H groups in total. The highest BCUT2D eigenvalue weighted by Gasteiger charge is 2.60. The SMILES string of the molecule is CC(=O)O[C@H]1CC[C@@]2(C)C(=CC[C@@H]3[C@@H]2CC[C@]2(C)C(=O)/C(=C\n4ccc5cccnc54)C[C@@H]32)C1. The van der Waals surface area contributed by atoms with E-state index in [4.69, 9.17) is 4.74 Å². The monoisotopic (exact) mass is 458 g/mol. The van der Waals surface area contributed by atoms with Crippen molar-refractivity contribution in [3.8, 4) is 0 Å². The van der Waals surface area contributed by atoms with Crippen LogP contribution >= 0.6 is 0 Å². The van der Waals surface area contributed by atoms with Gasteiger partial charge in [0, 0.05) is 48.3 Å². The second-order valence-electron chi connectivity index (χ2n) is 11.5. The number of fused-ring (bicyclic) bond motifs is 6. The minimum Gasteiger partial charge on any atom is -0.462 e. The second-order valence-corrected chi connectivity index (χ2v) is 11.5. The molecule has 0 bridgehead atoms. The van der Waals surface area contributed by atoms with E-state index in [-0.39, 0.29) is 22.9 Å². The van der Waals surface area contributed by atoms with Crippen LogP contribution in [0, 0.1) is 28.6 Å². The Hall–Kier alpha value is -2.69. The molecule has 0 aliphatic heterocycles. The summed E-state index contributed by atoms with van der Waals surface area (Å²) < 4.78 is 7.60. The number of ether oxygens (including phenoxy) is 1. The minimum absolute atomic E-state index is 0.0230. The van der Waals surface area contributed by atoms with Gasteiger partial charge in [0.2, 0.25) is 0 Å². The predicted molar refractivity (Wildman–Crippen MR) is 132 cm³/mol. The molecule has 6 rings (SSSR count). The molecule has 0 amide bonds. The average Bonchev–Trinajstić information content (AvgIpc) is 3.33. The van der Waals surface area contributed by atoms with Crippen molar-refractivity contribution >= 4 is 29.0 Å². The van der Waals surface area contributed by atoms with Crippen LogP contribution in [0.25, 0.3) is 17.2 Å². The summed E-state index contributed by atoms with van der Waals surface area (Å²) in [5.74, 6) is 1.69. The number of nitrogens with zero attached hydrogens (tertiary/aromatic N) is 2. The molecular weight excluding hydrogens is 424 g/mol. The third kappa shape index (κ3) is 3.15. The summed E-state index contributed by atoms with van der Waals surface area (Å²) in [6.45, 7) is 6.17. The summed E-state index contributed by atoms with van der Waals surface area (Å²) in [6.07, 6.45) is 15.2. The van der Waals surface area contributed by atoms with Gasteiger partial charge in [-0.05, 0) is 79.9 Å². The standard InChI is InChI=1S/C29H34N2O3/c1-18(32)34-22-8-11-28(2)21(16-22)6-7-23-24(28)9-12-29(3)25(23)15-20(26(29)33)17-31-14-10-19-5-4-13-30-27(19)31/h4-6,10,13-14,17,22-25H,7-9,11-12,15-16H2,1-3H3/b20-17-/t22-,23+,24-,25-,28-,29-/m0/s1. The molecule has 0 aromatic carbocycles. The van der Waals surface area contributed by atoms with E-state index in [1.54, 1.807) is 0 Å². The highest BCUT2D eigenvalue weighted by Crippen LogP contribution is 2.64. The van der Waals surface area contributed by atoms with Gasteiger partial charge in [0.05, 0.1) is 0 Å². The first-order valence-corrected chi connectivity index (χ1v) is 12.8. The van der Waals surface area contributed by atoms with Gasteiger partial charge in [0.25, 0.3) is 0 Å². The van der Waals surface area contributed by atoms with Crippen LogP contribution in [-0.2, 0) is 14.3 Å².